The van der Waals surface area contributed by atoms with E-state index < -0.39 is 0 Å². The third kappa shape index (κ3) is 4.92. The monoisotopic (exact) mass is 257 g/mol. The number of carbonyl (C=O) groups is 1. The van der Waals surface area contributed by atoms with Crippen LogP contribution in [0.2, 0.25) is 0 Å². The molecule has 1 heterocycles. The van der Waals surface area contributed by atoms with Gasteiger partial charge in [-0.05, 0) is 26.9 Å². The summed E-state index contributed by atoms with van der Waals surface area (Å²) < 4.78 is 5.06. The molecule has 5 heteroatoms. The first-order valence-corrected chi connectivity index (χ1v) is 6.99. The third-order valence-electron chi connectivity index (χ3n) is 3.37. The zero-order valence-corrected chi connectivity index (χ0v) is 11.9. The summed E-state index contributed by atoms with van der Waals surface area (Å²) in [4.78, 5) is 16.5. The molecule has 1 aliphatic rings. The van der Waals surface area contributed by atoms with Crippen molar-refractivity contribution >= 4 is 5.97 Å². The van der Waals surface area contributed by atoms with Gasteiger partial charge in [0.1, 0.15) is 6.04 Å². The first kappa shape index (κ1) is 15.4. The van der Waals surface area contributed by atoms with E-state index in [2.05, 4.69) is 22.0 Å². The highest BCUT2D eigenvalue weighted by Gasteiger charge is 2.23. The minimum atomic E-state index is -0.206. The molecular formula is C13H27N3O2. The molecule has 5 nitrogen and oxygen atoms in total. The van der Waals surface area contributed by atoms with Crippen molar-refractivity contribution in [3.63, 3.8) is 0 Å². The van der Waals surface area contributed by atoms with Gasteiger partial charge in [-0.25, -0.2) is 0 Å². The van der Waals surface area contributed by atoms with Crippen LogP contribution >= 0.6 is 0 Å². The van der Waals surface area contributed by atoms with E-state index in [1.165, 1.54) is 13.0 Å². The van der Waals surface area contributed by atoms with E-state index in [0.29, 0.717) is 6.61 Å². The number of ether oxygens (including phenoxy) is 1. The van der Waals surface area contributed by atoms with Gasteiger partial charge in [0.05, 0.1) is 6.61 Å². The number of hydrogen-bond acceptors (Lipinski definition) is 5. The highest BCUT2D eigenvalue weighted by atomic mass is 16.5. The number of rotatable bonds is 7. The molecule has 1 aliphatic heterocycles. The topological polar surface area (TPSA) is 44.8 Å². The Kier molecular flexibility index (Phi) is 7.23. The van der Waals surface area contributed by atoms with Crippen LogP contribution in [-0.4, -0.2) is 74.7 Å². The van der Waals surface area contributed by atoms with Crippen molar-refractivity contribution in [3.05, 3.63) is 0 Å². The molecule has 1 rings (SSSR count). The summed E-state index contributed by atoms with van der Waals surface area (Å²) in [7, 11) is 1.81. The van der Waals surface area contributed by atoms with Gasteiger partial charge >= 0.3 is 5.97 Å². The standard InChI is InChI=1S/C13H27N3O2/c1-4-6-15-7-9-16(10-8-15)11-12(14-3)13(17)18-5-2/h12,14H,4-11H2,1-3H3. The van der Waals surface area contributed by atoms with E-state index in [4.69, 9.17) is 4.74 Å². The van der Waals surface area contributed by atoms with Crippen LogP contribution in [0, 0.1) is 0 Å². The normalized spacial score (nSPS) is 19.7. The van der Waals surface area contributed by atoms with Crippen LogP contribution in [-0.2, 0) is 9.53 Å². The number of hydrogen-bond donors (Lipinski definition) is 1. The Morgan fingerprint density at radius 3 is 2.33 bits per heavy atom. The summed E-state index contributed by atoms with van der Waals surface area (Å²) >= 11 is 0. The van der Waals surface area contributed by atoms with Crippen LogP contribution in [0.15, 0.2) is 0 Å². The summed E-state index contributed by atoms with van der Waals surface area (Å²) in [5.41, 5.74) is 0. The van der Waals surface area contributed by atoms with Gasteiger partial charge in [-0.15, -0.1) is 0 Å². The van der Waals surface area contributed by atoms with Crippen LogP contribution in [0.3, 0.4) is 0 Å². The highest BCUT2D eigenvalue weighted by molar-refractivity contribution is 5.76. The quantitative estimate of drug-likeness (QED) is 0.659. The molecule has 0 spiro atoms. The van der Waals surface area contributed by atoms with Gasteiger partial charge in [0, 0.05) is 32.7 Å². The van der Waals surface area contributed by atoms with Crippen molar-refractivity contribution in [1.29, 1.82) is 0 Å². The largest absolute Gasteiger partial charge is 0.465 e. The van der Waals surface area contributed by atoms with E-state index in [0.717, 1.165) is 32.7 Å². The van der Waals surface area contributed by atoms with E-state index in [1.54, 1.807) is 0 Å². The maximum absolute atomic E-state index is 11.7. The smallest absolute Gasteiger partial charge is 0.324 e. The lowest BCUT2D eigenvalue weighted by atomic mass is 10.2. The molecule has 1 fully saturated rings. The Morgan fingerprint density at radius 1 is 1.22 bits per heavy atom. The van der Waals surface area contributed by atoms with E-state index >= 15 is 0 Å². The lowest BCUT2D eigenvalue weighted by molar-refractivity contribution is -0.146. The second-order valence-corrected chi connectivity index (χ2v) is 4.74. The predicted molar refractivity (Wildman–Crippen MR) is 72.7 cm³/mol. The van der Waals surface area contributed by atoms with Crippen LogP contribution in [0.25, 0.3) is 0 Å². The molecule has 0 aliphatic carbocycles. The molecule has 0 amide bonds. The molecule has 0 aromatic heterocycles. The summed E-state index contributed by atoms with van der Waals surface area (Å²) in [5, 5.41) is 3.04. The molecule has 0 bridgehead atoms. The fourth-order valence-electron chi connectivity index (χ4n) is 2.30. The van der Waals surface area contributed by atoms with Crippen LogP contribution in [0.5, 0.6) is 0 Å². The van der Waals surface area contributed by atoms with Crippen LogP contribution in [0.1, 0.15) is 20.3 Å². The predicted octanol–water partition coefficient (Wildman–Crippen LogP) is 0.165. The highest BCUT2D eigenvalue weighted by Crippen LogP contribution is 2.04. The molecule has 0 saturated carbocycles. The van der Waals surface area contributed by atoms with Gasteiger partial charge in [-0.1, -0.05) is 6.92 Å². The first-order valence-electron chi connectivity index (χ1n) is 6.99. The number of carbonyl (C=O) groups excluding carboxylic acids is 1. The molecule has 0 aromatic rings. The Bertz CT molecular complexity index is 240. The SMILES string of the molecule is CCCN1CCN(CC(NC)C(=O)OCC)CC1. The fraction of sp³-hybridized carbons (Fsp3) is 0.923. The van der Waals surface area contributed by atoms with Crippen molar-refractivity contribution in [2.24, 2.45) is 0 Å². The number of esters is 1. The zero-order valence-electron chi connectivity index (χ0n) is 11.9. The molecule has 0 radical (unpaired) electrons. The van der Waals surface area contributed by atoms with Gasteiger partial charge in [-0.2, -0.15) is 0 Å². The Hall–Kier alpha value is -0.650. The average molecular weight is 257 g/mol. The lowest BCUT2D eigenvalue weighted by Crippen LogP contribution is -2.52. The summed E-state index contributed by atoms with van der Waals surface area (Å²) in [6, 6.07) is -0.206. The van der Waals surface area contributed by atoms with E-state index in [-0.39, 0.29) is 12.0 Å². The lowest BCUT2D eigenvalue weighted by Gasteiger charge is -2.35. The molecule has 1 saturated heterocycles. The molecule has 18 heavy (non-hydrogen) atoms. The van der Waals surface area contributed by atoms with E-state index in [1.807, 2.05) is 14.0 Å². The van der Waals surface area contributed by atoms with Gasteiger partial charge in [0.25, 0.3) is 0 Å². The number of likely N-dealkylation sites (N-methyl/N-ethyl adjacent to an activating group) is 1. The number of nitrogens with zero attached hydrogens (tertiary/aromatic N) is 2. The van der Waals surface area contributed by atoms with Crippen molar-refractivity contribution in [3.8, 4) is 0 Å². The van der Waals surface area contributed by atoms with Crippen molar-refractivity contribution in [1.82, 2.24) is 15.1 Å². The Morgan fingerprint density at radius 2 is 1.83 bits per heavy atom. The Labute approximate surface area is 110 Å². The third-order valence-corrected chi connectivity index (χ3v) is 3.37. The summed E-state index contributed by atoms with van der Waals surface area (Å²) in [6.45, 7) is 10.7. The molecule has 106 valence electrons. The van der Waals surface area contributed by atoms with Gasteiger partial charge < -0.3 is 15.0 Å². The van der Waals surface area contributed by atoms with Gasteiger partial charge in [-0.3, -0.25) is 9.69 Å². The minimum Gasteiger partial charge on any atom is -0.465 e. The van der Waals surface area contributed by atoms with Crippen LogP contribution in [0.4, 0.5) is 0 Å². The maximum atomic E-state index is 11.7. The van der Waals surface area contributed by atoms with Gasteiger partial charge in [0.15, 0.2) is 0 Å². The first-order chi connectivity index (χ1) is 8.71. The van der Waals surface area contributed by atoms with Crippen LogP contribution < -0.4 is 5.32 Å². The van der Waals surface area contributed by atoms with Crippen molar-refractivity contribution < 1.29 is 9.53 Å². The maximum Gasteiger partial charge on any atom is 0.324 e. The van der Waals surface area contributed by atoms with E-state index in [9.17, 15) is 4.79 Å². The minimum absolute atomic E-state index is 0.143. The second-order valence-electron chi connectivity index (χ2n) is 4.74. The second kappa shape index (κ2) is 8.45. The van der Waals surface area contributed by atoms with Crippen molar-refractivity contribution in [2.45, 2.75) is 26.3 Å². The number of piperazine rings is 1. The number of nitrogens with one attached hydrogen (secondary N) is 1. The summed E-state index contributed by atoms with van der Waals surface area (Å²) in [6.07, 6.45) is 1.21. The molecular weight excluding hydrogens is 230 g/mol. The fourth-order valence-corrected chi connectivity index (χ4v) is 2.30. The molecule has 1 unspecified atom stereocenters. The molecule has 1 atom stereocenters. The molecule has 0 aromatic carbocycles. The Balaban J connectivity index is 2.31. The summed E-state index contributed by atoms with van der Waals surface area (Å²) in [5.74, 6) is -0.143. The van der Waals surface area contributed by atoms with Gasteiger partial charge in [0.2, 0.25) is 0 Å². The zero-order chi connectivity index (χ0) is 13.4. The average Bonchev–Trinajstić information content (AvgIpc) is 2.38. The van der Waals surface area contributed by atoms with Crippen molar-refractivity contribution in [2.75, 3.05) is 52.9 Å². The molecule has 1 N–H and O–H groups in total.